The van der Waals surface area contributed by atoms with Crippen LogP contribution in [0.25, 0.3) is 0 Å². The summed E-state index contributed by atoms with van der Waals surface area (Å²) in [6, 6.07) is 13.6. The van der Waals surface area contributed by atoms with Crippen molar-refractivity contribution in [1.82, 2.24) is 14.8 Å². The van der Waals surface area contributed by atoms with E-state index in [9.17, 15) is 4.79 Å². The molecule has 1 saturated heterocycles. The van der Waals surface area contributed by atoms with Crippen molar-refractivity contribution in [2.45, 2.75) is 51.0 Å². The molecule has 7 nitrogen and oxygen atoms in total. The van der Waals surface area contributed by atoms with E-state index in [0.717, 1.165) is 52.8 Å². The topological polar surface area (TPSA) is 81.1 Å². The molecule has 1 aliphatic rings. The summed E-state index contributed by atoms with van der Waals surface area (Å²) in [4.78, 5) is 12.5. The Morgan fingerprint density at radius 1 is 1.18 bits per heavy atom. The molecule has 174 valence electrons. The molecule has 4 rings (SSSR count). The highest BCUT2D eigenvalue weighted by molar-refractivity contribution is 7.99. The van der Waals surface area contributed by atoms with Crippen LogP contribution in [0, 0.1) is 13.8 Å². The first-order valence-corrected chi connectivity index (χ1v) is 12.4. The second kappa shape index (κ2) is 11.0. The van der Waals surface area contributed by atoms with Gasteiger partial charge in [0.15, 0.2) is 11.0 Å². The summed E-state index contributed by atoms with van der Waals surface area (Å²) in [6.45, 7) is 5.94. The Morgan fingerprint density at radius 2 is 1.97 bits per heavy atom. The number of aromatic nitrogens is 3. The molecule has 1 aromatic heterocycles. The Kier molecular flexibility index (Phi) is 7.90. The minimum Gasteiger partial charge on any atom is -0.378 e. The number of nitrogens with one attached hydrogen (secondary N) is 2. The number of nitrogens with zero attached hydrogens (tertiary/aromatic N) is 3. The minimum atomic E-state index is -0.0792. The van der Waals surface area contributed by atoms with Gasteiger partial charge < -0.3 is 19.9 Å². The van der Waals surface area contributed by atoms with E-state index in [2.05, 4.69) is 25.4 Å². The third kappa shape index (κ3) is 6.50. The van der Waals surface area contributed by atoms with Gasteiger partial charge in [-0.05, 0) is 56.5 Å². The van der Waals surface area contributed by atoms with Crippen LogP contribution in [-0.2, 0) is 22.6 Å². The van der Waals surface area contributed by atoms with Crippen molar-refractivity contribution in [2.75, 3.05) is 23.0 Å². The van der Waals surface area contributed by atoms with E-state index >= 15 is 0 Å². The van der Waals surface area contributed by atoms with Crippen LogP contribution in [0.5, 0.6) is 0 Å². The van der Waals surface area contributed by atoms with Crippen molar-refractivity contribution in [3.63, 3.8) is 0 Å². The molecule has 33 heavy (non-hydrogen) atoms. The number of halogens is 1. The molecular weight excluding hydrogens is 458 g/mol. The van der Waals surface area contributed by atoms with E-state index in [1.807, 2.05) is 56.3 Å². The van der Waals surface area contributed by atoms with Gasteiger partial charge in [-0.1, -0.05) is 47.1 Å². The number of anilines is 2. The lowest BCUT2D eigenvalue weighted by atomic mass is 10.2. The summed E-state index contributed by atoms with van der Waals surface area (Å²) >= 11 is 7.63. The number of aryl methyl sites for hydroxylation is 2. The molecule has 0 aliphatic carbocycles. The minimum absolute atomic E-state index is 0.0792. The Bertz CT molecular complexity index is 1100. The molecule has 1 fully saturated rings. The van der Waals surface area contributed by atoms with Crippen molar-refractivity contribution in [1.29, 1.82) is 0 Å². The van der Waals surface area contributed by atoms with Crippen LogP contribution in [0.15, 0.2) is 47.6 Å². The van der Waals surface area contributed by atoms with Crippen LogP contribution in [0.1, 0.15) is 29.8 Å². The molecule has 0 bridgehead atoms. The number of ether oxygens (including phenoxy) is 1. The van der Waals surface area contributed by atoms with Crippen molar-refractivity contribution >= 4 is 40.6 Å². The maximum atomic E-state index is 12.5. The van der Waals surface area contributed by atoms with Gasteiger partial charge in [-0.3, -0.25) is 4.79 Å². The molecule has 9 heteroatoms. The normalized spacial score (nSPS) is 15.5. The van der Waals surface area contributed by atoms with E-state index in [-0.39, 0.29) is 17.8 Å². The fraction of sp³-hybridized carbons (Fsp3) is 0.375. The standard InChI is InChI=1S/C24H28ClN5O2S/c1-16-5-8-18(9-6-16)27-23(31)15-33-24-29-28-22(30(24)14-20-4-3-11-32-20)13-26-19-10-7-17(2)21(25)12-19/h5-10,12,20,26H,3-4,11,13-15H2,1-2H3,(H,27,31)/t20-/m0/s1. The van der Waals surface area contributed by atoms with Crippen LogP contribution >= 0.6 is 23.4 Å². The smallest absolute Gasteiger partial charge is 0.234 e. The fourth-order valence-electron chi connectivity index (χ4n) is 3.58. The zero-order valence-electron chi connectivity index (χ0n) is 18.8. The molecule has 1 aliphatic heterocycles. The zero-order valence-corrected chi connectivity index (χ0v) is 20.4. The molecule has 1 atom stereocenters. The molecule has 0 spiro atoms. The Hall–Kier alpha value is -2.55. The highest BCUT2D eigenvalue weighted by Gasteiger charge is 2.21. The lowest BCUT2D eigenvalue weighted by molar-refractivity contribution is -0.113. The zero-order chi connectivity index (χ0) is 23.2. The molecule has 2 heterocycles. The number of carbonyl (C=O) groups excluding carboxylic acids is 1. The molecule has 0 unspecified atom stereocenters. The van der Waals surface area contributed by atoms with Crippen molar-refractivity contribution < 1.29 is 9.53 Å². The average molecular weight is 486 g/mol. The van der Waals surface area contributed by atoms with Crippen LogP contribution in [0.4, 0.5) is 11.4 Å². The quantitative estimate of drug-likeness (QED) is 0.412. The number of amides is 1. The van der Waals surface area contributed by atoms with Gasteiger partial charge in [0.05, 0.1) is 24.9 Å². The summed E-state index contributed by atoms with van der Waals surface area (Å²) in [5.74, 6) is 0.964. The first-order chi connectivity index (χ1) is 16.0. The molecule has 2 N–H and O–H groups in total. The van der Waals surface area contributed by atoms with Crippen LogP contribution in [0.3, 0.4) is 0 Å². The van der Waals surface area contributed by atoms with Gasteiger partial charge in [-0.2, -0.15) is 0 Å². The predicted octanol–water partition coefficient (Wildman–Crippen LogP) is 5.07. The fourth-order valence-corrected chi connectivity index (χ4v) is 4.53. The van der Waals surface area contributed by atoms with E-state index in [0.29, 0.717) is 18.2 Å². The van der Waals surface area contributed by atoms with Gasteiger partial charge in [0, 0.05) is 23.0 Å². The van der Waals surface area contributed by atoms with Crippen LogP contribution in [-0.4, -0.2) is 39.1 Å². The average Bonchev–Trinajstić information content (AvgIpc) is 3.45. The van der Waals surface area contributed by atoms with Crippen molar-refractivity contribution in [3.8, 4) is 0 Å². The summed E-state index contributed by atoms with van der Waals surface area (Å²) in [5, 5.41) is 16.5. The third-order valence-electron chi connectivity index (χ3n) is 5.49. The Morgan fingerprint density at radius 3 is 2.70 bits per heavy atom. The van der Waals surface area contributed by atoms with Gasteiger partial charge in [0.2, 0.25) is 5.91 Å². The molecule has 3 aromatic rings. The van der Waals surface area contributed by atoms with Crippen molar-refractivity contribution in [2.24, 2.45) is 0 Å². The number of benzene rings is 2. The number of rotatable bonds is 9. The number of hydrogen-bond donors (Lipinski definition) is 2. The van der Waals surface area contributed by atoms with E-state index in [1.54, 1.807) is 0 Å². The summed E-state index contributed by atoms with van der Waals surface area (Å²) in [6.07, 6.45) is 2.20. The molecular formula is C24H28ClN5O2S. The Balaban J connectivity index is 1.42. The summed E-state index contributed by atoms with van der Waals surface area (Å²) in [5.41, 5.74) is 3.89. The highest BCUT2D eigenvalue weighted by atomic mass is 35.5. The second-order valence-electron chi connectivity index (χ2n) is 8.16. The van der Waals surface area contributed by atoms with E-state index in [1.165, 1.54) is 11.8 Å². The number of hydrogen-bond acceptors (Lipinski definition) is 6. The largest absolute Gasteiger partial charge is 0.378 e. The Labute approximate surface area is 203 Å². The van der Waals surface area contributed by atoms with Crippen LogP contribution in [0.2, 0.25) is 5.02 Å². The van der Waals surface area contributed by atoms with E-state index in [4.69, 9.17) is 16.3 Å². The second-order valence-corrected chi connectivity index (χ2v) is 9.51. The first kappa shape index (κ1) is 23.6. The van der Waals surface area contributed by atoms with Gasteiger partial charge >= 0.3 is 0 Å². The lowest BCUT2D eigenvalue weighted by Gasteiger charge is -2.15. The highest BCUT2D eigenvalue weighted by Crippen LogP contribution is 2.24. The van der Waals surface area contributed by atoms with Gasteiger partial charge in [-0.15, -0.1) is 10.2 Å². The maximum absolute atomic E-state index is 12.5. The first-order valence-electron chi connectivity index (χ1n) is 11.0. The van der Waals surface area contributed by atoms with Gasteiger partial charge in [0.25, 0.3) is 0 Å². The summed E-state index contributed by atoms with van der Waals surface area (Å²) in [7, 11) is 0. The molecule has 2 aromatic carbocycles. The molecule has 1 amide bonds. The lowest BCUT2D eigenvalue weighted by Crippen LogP contribution is -2.20. The van der Waals surface area contributed by atoms with Gasteiger partial charge in [0.1, 0.15) is 0 Å². The van der Waals surface area contributed by atoms with E-state index < -0.39 is 0 Å². The number of carbonyl (C=O) groups is 1. The molecule has 0 saturated carbocycles. The number of thioether (sulfide) groups is 1. The molecule has 0 radical (unpaired) electrons. The maximum Gasteiger partial charge on any atom is 0.234 e. The SMILES string of the molecule is Cc1ccc(NC(=O)CSc2nnc(CNc3ccc(C)c(Cl)c3)n2C[C@@H]2CCCO2)cc1. The van der Waals surface area contributed by atoms with Crippen molar-refractivity contribution in [3.05, 3.63) is 64.4 Å². The van der Waals surface area contributed by atoms with Crippen LogP contribution < -0.4 is 10.6 Å². The summed E-state index contributed by atoms with van der Waals surface area (Å²) < 4.78 is 7.90. The third-order valence-corrected chi connectivity index (χ3v) is 6.87. The monoisotopic (exact) mass is 485 g/mol. The van der Waals surface area contributed by atoms with Gasteiger partial charge in [-0.25, -0.2) is 0 Å². The predicted molar refractivity (Wildman–Crippen MR) is 133 cm³/mol.